The minimum atomic E-state index is -3.00. The normalized spacial score (nSPS) is 15.8. The maximum atomic E-state index is 12.3. The average molecular weight is 372 g/mol. The Balaban J connectivity index is 1.95. The van der Waals surface area contributed by atoms with Crippen LogP contribution in [0.25, 0.3) is 0 Å². The van der Waals surface area contributed by atoms with Gasteiger partial charge in [-0.25, -0.2) is 4.79 Å². The minimum Gasteiger partial charge on any atom is -0.493 e. The van der Waals surface area contributed by atoms with Gasteiger partial charge in [0.2, 0.25) is 0 Å². The summed E-state index contributed by atoms with van der Waals surface area (Å²) in [5.74, 6) is -1.43. The van der Waals surface area contributed by atoms with E-state index in [0.29, 0.717) is 5.56 Å². The van der Waals surface area contributed by atoms with Gasteiger partial charge in [-0.1, -0.05) is 6.07 Å². The average Bonchev–Trinajstić information content (AvgIpc) is 2.75. The Labute approximate surface area is 148 Å². The number of ether oxygens (including phenoxy) is 3. The molecule has 2 rings (SSSR count). The van der Waals surface area contributed by atoms with E-state index in [2.05, 4.69) is 10.1 Å². The van der Waals surface area contributed by atoms with E-state index in [-0.39, 0.29) is 18.1 Å². The Morgan fingerprint density at radius 1 is 1.27 bits per heavy atom. The maximum Gasteiger partial charge on any atom is 0.387 e. The molecule has 1 fully saturated rings. The van der Waals surface area contributed by atoms with Crippen LogP contribution in [0, 0.1) is 0 Å². The van der Waals surface area contributed by atoms with Gasteiger partial charge in [0, 0.05) is 0 Å². The number of carbonyl (C=O) groups excluding carboxylic acids is 3. The van der Waals surface area contributed by atoms with Gasteiger partial charge in [0.05, 0.1) is 7.11 Å². The van der Waals surface area contributed by atoms with Crippen molar-refractivity contribution in [3.8, 4) is 11.5 Å². The second kappa shape index (κ2) is 7.54. The number of esters is 1. The number of benzene rings is 1. The number of carbonyl (C=O) groups is 3. The summed E-state index contributed by atoms with van der Waals surface area (Å²) in [7, 11) is 1.28. The number of alkyl halides is 2. The van der Waals surface area contributed by atoms with Crippen LogP contribution in [-0.4, -0.2) is 48.6 Å². The molecule has 0 radical (unpaired) electrons. The molecule has 1 aliphatic heterocycles. The van der Waals surface area contributed by atoms with E-state index in [1.54, 1.807) is 0 Å². The smallest absolute Gasteiger partial charge is 0.387 e. The molecule has 1 heterocycles. The van der Waals surface area contributed by atoms with Crippen molar-refractivity contribution in [1.82, 2.24) is 10.2 Å². The quantitative estimate of drug-likeness (QED) is 0.578. The summed E-state index contributed by atoms with van der Waals surface area (Å²) in [6, 6.07) is 3.38. The number of urea groups is 1. The van der Waals surface area contributed by atoms with E-state index in [0.717, 1.165) is 4.90 Å². The van der Waals surface area contributed by atoms with Crippen molar-refractivity contribution in [2.24, 2.45) is 0 Å². The van der Waals surface area contributed by atoms with Crippen molar-refractivity contribution in [2.75, 3.05) is 13.7 Å². The fourth-order valence-corrected chi connectivity index (χ4v) is 2.30. The van der Waals surface area contributed by atoms with E-state index < -0.39 is 36.6 Å². The zero-order chi connectivity index (χ0) is 19.5. The van der Waals surface area contributed by atoms with Crippen molar-refractivity contribution in [3.05, 3.63) is 23.8 Å². The standard InChI is InChI=1S/C16H18F2N2O6/c1-16(2)13(22)20(15(23)19-16)7-12(21)25-8-9-4-5-10(26-14(17)18)11(6-9)24-3/h4-6,14H,7-8H2,1-3H3,(H,19,23). The Morgan fingerprint density at radius 2 is 1.96 bits per heavy atom. The van der Waals surface area contributed by atoms with Crippen LogP contribution in [0.2, 0.25) is 0 Å². The Hall–Kier alpha value is -2.91. The molecule has 1 N–H and O–H groups in total. The van der Waals surface area contributed by atoms with E-state index in [4.69, 9.17) is 9.47 Å². The van der Waals surface area contributed by atoms with Crippen LogP contribution in [0.5, 0.6) is 11.5 Å². The van der Waals surface area contributed by atoms with Crippen molar-refractivity contribution in [2.45, 2.75) is 32.6 Å². The van der Waals surface area contributed by atoms with E-state index >= 15 is 0 Å². The van der Waals surface area contributed by atoms with Crippen molar-refractivity contribution < 1.29 is 37.4 Å². The van der Waals surface area contributed by atoms with Crippen molar-refractivity contribution in [1.29, 1.82) is 0 Å². The summed E-state index contributed by atoms with van der Waals surface area (Å²) in [6.07, 6.45) is 0. The third-order valence-electron chi connectivity index (χ3n) is 3.58. The summed E-state index contributed by atoms with van der Waals surface area (Å²) in [5.41, 5.74) is -0.625. The van der Waals surface area contributed by atoms with Crippen LogP contribution in [0.15, 0.2) is 18.2 Å². The highest BCUT2D eigenvalue weighted by Gasteiger charge is 2.45. The number of imide groups is 1. The van der Waals surface area contributed by atoms with Gasteiger partial charge >= 0.3 is 18.6 Å². The van der Waals surface area contributed by atoms with Crippen molar-refractivity contribution >= 4 is 17.9 Å². The molecule has 1 saturated heterocycles. The molecular weight excluding hydrogens is 354 g/mol. The van der Waals surface area contributed by atoms with Crippen LogP contribution in [0.3, 0.4) is 0 Å². The number of nitrogens with one attached hydrogen (secondary N) is 1. The second-order valence-electron chi connectivity index (χ2n) is 5.97. The van der Waals surface area contributed by atoms with Gasteiger partial charge in [-0.2, -0.15) is 8.78 Å². The predicted molar refractivity (Wildman–Crippen MR) is 83.7 cm³/mol. The molecule has 142 valence electrons. The molecule has 0 bridgehead atoms. The first-order chi connectivity index (χ1) is 12.1. The summed E-state index contributed by atoms with van der Waals surface area (Å²) < 4.78 is 38.8. The second-order valence-corrected chi connectivity index (χ2v) is 5.97. The zero-order valence-electron chi connectivity index (χ0n) is 14.4. The summed E-state index contributed by atoms with van der Waals surface area (Å²) in [4.78, 5) is 36.4. The number of hydrogen-bond acceptors (Lipinski definition) is 6. The molecule has 0 aliphatic carbocycles. The van der Waals surface area contributed by atoms with Crippen LogP contribution >= 0.6 is 0 Å². The van der Waals surface area contributed by atoms with E-state index in [1.165, 1.54) is 39.2 Å². The molecule has 0 atom stereocenters. The van der Waals surface area contributed by atoms with Crippen molar-refractivity contribution in [3.63, 3.8) is 0 Å². The summed E-state index contributed by atoms with van der Waals surface area (Å²) in [5, 5.41) is 2.45. The first kappa shape index (κ1) is 19.4. The maximum absolute atomic E-state index is 12.3. The molecule has 0 spiro atoms. The van der Waals surface area contributed by atoms with Gasteiger partial charge in [-0.05, 0) is 31.5 Å². The van der Waals surface area contributed by atoms with Crippen LogP contribution < -0.4 is 14.8 Å². The largest absolute Gasteiger partial charge is 0.493 e. The highest BCUT2D eigenvalue weighted by Crippen LogP contribution is 2.29. The summed E-state index contributed by atoms with van der Waals surface area (Å²) >= 11 is 0. The molecule has 26 heavy (non-hydrogen) atoms. The number of nitrogens with zero attached hydrogens (tertiary/aromatic N) is 1. The van der Waals surface area contributed by atoms with Gasteiger partial charge in [-0.15, -0.1) is 0 Å². The molecule has 1 aromatic carbocycles. The van der Waals surface area contributed by atoms with Crippen LogP contribution in [0.4, 0.5) is 13.6 Å². The lowest BCUT2D eigenvalue weighted by Gasteiger charge is -2.15. The molecule has 0 saturated carbocycles. The molecule has 3 amide bonds. The Kier molecular flexibility index (Phi) is 5.63. The Bertz CT molecular complexity index is 723. The van der Waals surface area contributed by atoms with Crippen LogP contribution in [-0.2, 0) is 20.9 Å². The van der Waals surface area contributed by atoms with Gasteiger partial charge < -0.3 is 19.5 Å². The molecule has 1 aromatic rings. The molecule has 1 aliphatic rings. The number of rotatable bonds is 7. The molecular formula is C16H18F2N2O6. The lowest BCUT2D eigenvalue weighted by molar-refractivity contribution is -0.148. The molecule has 8 nitrogen and oxygen atoms in total. The van der Waals surface area contributed by atoms with Gasteiger partial charge in [0.25, 0.3) is 5.91 Å². The Morgan fingerprint density at radius 3 is 2.50 bits per heavy atom. The van der Waals surface area contributed by atoms with Gasteiger partial charge in [0.15, 0.2) is 11.5 Å². The summed E-state index contributed by atoms with van der Waals surface area (Å²) in [6.45, 7) is -0.683. The first-order valence-corrected chi connectivity index (χ1v) is 7.55. The lowest BCUT2D eigenvalue weighted by Crippen LogP contribution is -2.41. The molecule has 0 aromatic heterocycles. The third-order valence-corrected chi connectivity index (χ3v) is 3.58. The number of amides is 3. The number of methoxy groups -OCH3 is 1. The topological polar surface area (TPSA) is 94.2 Å². The molecule has 0 unspecified atom stereocenters. The highest BCUT2D eigenvalue weighted by molar-refractivity contribution is 6.08. The van der Waals surface area contributed by atoms with Crippen LogP contribution in [0.1, 0.15) is 19.4 Å². The van der Waals surface area contributed by atoms with Gasteiger partial charge in [0.1, 0.15) is 18.7 Å². The van der Waals surface area contributed by atoms with E-state index in [1.807, 2.05) is 0 Å². The lowest BCUT2D eigenvalue weighted by atomic mass is 10.1. The zero-order valence-corrected chi connectivity index (χ0v) is 14.4. The number of hydrogen-bond donors (Lipinski definition) is 1. The monoisotopic (exact) mass is 372 g/mol. The van der Waals surface area contributed by atoms with E-state index in [9.17, 15) is 23.2 Å². The predicted octanol–water partition coefficient (Wildman–Crippen LogP) is 1.67. The fourth-order valence-electron chi connectivity index (χ4n) is 2.30. The third kappa shape index (κ3) is 4.38. The first-order valence-electron chi connectivity index (χ1n) is 7.55. The minimum absolute atomic E-state index is 0.0506. The number of halogens is 2. The van der Waals surface area contributed by atoms with Gasteiger partial charge in [-0.3, -0.25) is 14.5 Å². The highest BCUT2D eigenvalue weighted by atomic mass is 19.3. The fraction of sp³-hybridized carbons (Fsp3) is 0.438. The SMILES string of the molecule is COc1cc(COC(=O)CN2C(=O)NC(C)(C)C2=O)ccc1OC(F)F. The molecule has 10 heteroatoms.